The fourth-order valence-electron chi connectivity index (χ4n) is 5.58. The summed E-state index contributed by atoms with van der Waals surface area (Å²) in [7, 11) is 1.59. The summed E-state index contributed by atoms with van der Waals surface area (Å²) in [6.07, 6.45) is 1.76. The van der Waals surface area contributed by atoms with Gasteiger partial charge in [0.25, 0.3) is 0 Å². The van der Waals surface area contributed by atoms with Crippen LogP contribution in [0.25, 0.3) is 0 Å². The van der Waals surface area contributed by atoms with Crippen molar-refractivity contribution in [3.63, 3.8) is 0 Å². The Kier molecular flexibility index (Phi) is 6.78. The van der Waals surface area contributed by atoms with E-state index in [4.69, 9.17) is 27.9 Å². The minimum atomic E-state index is -1.18. The van der Waals surface area contributed by atoms with Gasteiger partial charge in [-0.25, -0.2) is 0 Å². The van der Waals surface area contributed by atoms with Gasteiger partial charge in [0, 0.05) is 30.9 Å². The highest BCUT2D eigenvalue weighted by Crippen LogP contribution is 2.52. The molecular formula is C25H26Cl2N2O3. The number of Topliss-reactive ketones (excluding diaryl/α,β-unsaturated/α-hetero) is 1. The number of nitriles is 1. The molecule has 4 rings (SSSR count). The van der Waals surface area contributed by atoms with Crippen molar-refractivity contribution < 1.29 is 14.6 Å². The lowest BCUT2D eigenvalue weighted by Crippen LogP contribution is -2.48. The van der Waals surface area contributed by atoms with E-state index in [1.807, 2.05) is 30.3 Å². The van der Waals surface area contributed by atoms with Crippen LogP contribution in [-0.4, -0.2) is 30.6 Å². The first-order chi connectivity index (χ1) is 15.4. The third kappa shape index (κ3) is 4.25. The normalized spacial score (nSPS) is 29.2. The molecule has 1 saturated carbocycles. The van der Waals surface area contributed by atoms with Crippen molar-refractivity contribution in [2.45, 2.75) is 37.3 Å². The molecule has 2 aliphatic rings. The number of carbonyl (C=O) groups is 1. The molecule has 1 saturated heterocycles. The number of benzene rings is 2. The summed E-state index contributed by atoms with van der Waals surface area (Å²) in [5.41, 5.74) is 0.349. The third-order valence-electron chi connectivity index (χ3n) is 6.98. The van der Waals surface area contributed by atoms with Gasteiger partial charge in [0.2, 0.25) is 0 Å². The quantitative estimate of drug-likeness (QED) is 0.645. The number of methoxy groups -OCH3 is 1. The molecule has 2 aromatic rings. The molecule has 1 aliphatic carbocycles. The number of nitrogens with one attached hydrogen (secondary N) is 1. The number of ether oxygens (including phenoxy) is 1. The van der Waals surface area contributed by atoms with Gasteiger partial charge in [-0.3, -0.25) is 4.79 Å². The zero-order valence-electron chi connectivity index (χ0n) is 17.9. The monoisotopic (exact) mass is 472 g/mol. The molecule has 0 aromatic heterocycles. The molecule has 168 valence electrons. The van der Waals surface area contributed by atoms with Gasteiger partial charge in [0.1, 0.15) is 5.75 Å². The van der Waals surface area contributed by atoms with Crippen molar-refractivity contribution in [1.29, 1.82) is 5.26 Å². The molecule has 5 nitrogen and oxygen atoms in total. The van der Waals surface area contributed by atoms with Crippen LogP contribution in [0.1, 0.15) is 30.4 Å². The molecule has 0 spiro atoms. The van der Waals surface area contributed by atoms with E-state index < -0.39 is 11.6 Å². The summed E-state index contributed by atoms with van der Waals surface area (Å²) < 4.78 is 5.55. The first-order valence-electron chi connectivity index (χ1n) is 10.8. The third-order valence-corrected chi connectivity index (χ3v) is 7.72. The molecule has 1 unspecified atom stereocenters. The summed E-state index contributed by atoms with van der Waals surface area (Å²) in [5.74, 6) is 0.438. The molecule has 1 aliphatic heterocycles. The van der Waals surface area contributed by atoms with E-state index in [1.165, 1.54) is 0 Å². The number of halogens is 2. The van der Waals surface area contributed by atoms with E-state index >= 15 is 0 Å². The Morgan fingerprint density at radius 3 is 2.78 bits per heavy atom. The van der Waals surface area contributed by atoms with Crippen LogP contribution in [0, 0.1) is 29.1 Å². The van der Waals surface area contributed by atoms with Crippen LogP contribution in [0.5, 0.6) is 5.75 Å². The van der Waals surface area contributed by atoms with Crippen LogP contribution in [-0.2, 0) is 16.8 Å². The van der Waals surface area contributed by atoms with E-state index in [2.05, 4.69) is 11.4 Å². The van der Waals surface area contributed by atoms with Crippen molar-refractivity contribution in [2.24, 2.45) is 17.8 Å². The number of carbonyl (C=O) groups excluding carboxylic acids is 1. The molecule has 0 amide bonds. The number of ketones is 1. The standard InChI is InChI=1S/C25H26Cl2N2O3/c1-32-23-5-3-2-4-18(23)25(31)13-16(8-9-28)10-17-19(25)14-29-24(17)22(30)12-15-6-7-20(26)21(27)11-15/h2-7,11,16-17,19,24,29,31H,8,10,12-14H2,1H3/t16-,17-,19-,24?,25-/m1/s1. The maximum Gasteiger partial charge on any atom is 0.154 e. The smallest absolute Gasteiger partial charge is 0.154 e. The predicted octanol–water partition coefficient (Wildman–Crippen LogP) is 4.53. The molecule has 2 aromatic carbocycles. The van der Waals surface area contributed by atoms with Crippen LogP contribution in [0.4, 0.5) is 0 Å². The van der Waals surface area contributed by atoms with Gasteiger partial charge >= 0.3 is 0 Å². The maximum absolute atomic E-state index is 13.3. The lowest BCUT2D eigenvalue weighted by atomic mass is 9.61. The molecule has 7 heteroatoms. The second-order valence-electron chi connectivity index (χ2n) is 8.84. The molecule has 0 radical (unpaired) electrons. The minimum Gasteiger partial charge on any atom is -0.496 e. The Morgan fingerprint density at radius 1 is 1.28 bits per heavy atom. The Bertz CT molecular complexity index is 1050. The fraction of sp³-hybridized carbons (Fsp3) is 0.440. The predicted molar refractivity (Wildman–Crippen MR) is 124 cm³/mol. The van der Waals surface area contributed by atoms with E-state index in [0.717, 1.165) is 17.5 Å². The minimum absolute atomic E-state index is 0.00339. The van der Waals surface area contributed by atoms with Gasteiger partial charge < -0.3 is 15.2 Å². The highest BCUT2D eigenvalue weighted by atomic mass is 35.5. The first kappa shape index (κ1) is 23.1. The molecule has 32 heavy (non-hydrogen) atoms. The van der Waals surface area contributed by atoms with Crippen molar-refractivity contribution in [2.75, 3.05) is 13.7 Å². The van der Waals surface area contributed by atoms with Crippen LogP contribution >= 0.6 is 23.2 Å². The Morgan fingerprint density at radius 2 is 2.06 bits per heavy atom. The first-order valence-corrected chi connectivity index (χ1v) is 11.6. The zero-order chi connectivity index (χ0) is 22.9. The lowest BCUT2D eigenvalue weighted by Gasteiger charge is -2.46. The topological polar surface area (TPSA) is 82.3 Å². The van der Waals surface area contributed by atoms with Crippen LogP contribution in [0.3, 0.4) is 0 Å². The van der Waals surface area contributed by atoms with Crippen molar-refractivity contribution in [3.8, 4) is 11.8 Å². The number of para-hydroxylation sites is 1. The molecule has 1 heterocycles. The van der Waals surface area contributed by atoms with Gasteiger partial charge in [0.05, 0.1) is 34.9 Å². The Labute approximate surface area is 198 Å². The lowest BCUT2D eigenvalue weighted by molar-refractivity contribution is -0.124. The summed E-state index contributed by atoms with van der Waals surface area (Å²) in [6.45, 7) is 0.524. The second kappa shape index (κ2) is 9.41. The van der Waals surface area contributed by atoms with Crippen LogP contribution in [0.15, 0.2) is 42.5 Å². The van der Waals surface area contributed by atoms with Gasteiger partial charge in [-0.15, -0.1) is 0 Å². The SMILES string of the molecule is COc1ccccc1[C@]1(O)C[C@H](CC#N)C[C@H]2C(C(=O)Cc3ccc(Cl)c(Cl)c3)NC[C@H]21. The maximum atomic E-state index is 13.3. The summed E-state index contributed by atoms with van der Waals surface area (Å²) in [5, 5.41) is 25.6. The number of aliphatic hydroxyl groups is 1. The Balaban J connectivity index is 1.63. The van der Waals surface area contributed by atoms with Crippen molar-refractivity contribution in [1.82, 2.24) is 5.32 Å². The molecule has 2 fully saturated rings. The fourth-order valence-corrected chi connectivity index (χ4v) is 5.90. The molecule has 0 bridgehead atoms. The van der Waals surface area contributed by atoms with Gasteiger partial charge in [-0.2, -0.15) is 5.26 Å². The molecule has 2 N–H and O–H groups in total. The number of fused-ring (bicyclic) bond motifs is 1. The highest BCUT2D eigenvalue weighted by Gasteiger charge is 2.55. The zero-order valence-corrected chi connectivity index (χ0v) is 19.4. The second-order valence-corrected chi connectivity index (χ2v) is 9.65. The average Bonchev–Trinajstić information content (AvgIpc) is 3.21. The largest absolute Gasteiger partial charge is 0.496 e. The number of hydrogen-bond acceptors (Lipinski definition) is 5. The summed E-state index contributed by atoms with van der Waals surface area (Å²) >= 11 is 12.1. The van der Waals surface area contributed by atoms with Crippen LogP contribution in [0.2, 0.25) is 10.0 Å². The van der Waals surface area contributed by atoms with Crippen LogP contribution < -0.4 is 10.1 Å². The van der Waals surface area contributed by atoms with Gasteiger partial charge in [0.15, 0.2) is 5.78 Å². The van der Waals surface area contributed by atoms with Crippen molar-refractivity contribution >= 4 is 29.0 Å². The molecular weight excluding hydrogens is 447 g/mol. The van der Waals surface area contributed by atoms with E-state index in [-0.39, 0.29) is 30.0 Å². The average molecular weight is 473 g/mol. The number of nitrogens with zero attached hydrogens (tertiary/aromatic N) is 1. The van der Waals surface area contributed by atoms with Crippen molar-refractivity contribution in [3.05, 3.63) is 63.6 Å². The molecule has 5 atom stereocenters. The summed E-state index contributed by atoms with van der Waals surface area (Å²) in [4.78, 5) is 13.3. The summed E-state index contributed by atoms with van der Waals surface area (Å²) in [6, 6.07) is 14.6. The van der Waals surface area contributed by atoms with E-state index in [9.17, 15) is 15.2 Å². The van der Waals surface area contributed by atoms with E-state index in [0.29, 0.717) is 35.2 Å². The number of hydrogen-bond donors (Lipinski definition) is 2. The number of rotatable bonds is 6. The highest BCUT2D eigenvalue weighted by molar-refractivity contribution is 6.42. The van der Waals surface area contributed by atoms with Gasteiger partial charge in [-0.05, 0) is 48.4 Å². The van der Waals surface area contributed by atoms with E-state index in [1.54, 1.807) is 19.2 Å². The van der Waals surface area contributed by atoms with Gasteiger partial charge in [-0.1, -0.05) is 47.5 Å². The Hall–Kier alpha value is -2.10.